The van der Waals surface area contributed by atoms with Crippen LogP contribution in [0.1, 0.15) is 0 Å². The Hall–Kier alpha value is -3.02. The lowest BCUT2D eigenvalue weighted by molar-refractivity contribution is -0.384. The molecule has 20 heavy (non-hydrogen) atoms. The minimum atomic E-state index is -0.449. The normalized spacial score (nSPS) is 10.4. The maximum absolute atomic E-state index is 10.6. The molecule has 0 bridgehead atoms. The molecular formula is C14H9N3O3. The topological polar surface area (TPSA) is 82.1 Å². The van der Waals surface area contributed by atoms with Gasteiger partial charge in [-0.25, -0.2) is 0 Å². The van der Waals surface area contributed by atoms with Gasteiger partial charge in [0.1, 0.15) is 0 Å². The Morgan fingerprint density at radius 2 is 1.65 bits per heavy atom. The van der Waals surface area contributed by atoms with Crippen molar-refractivity contribution in [1.29, 1.82) is 0 Å². The van der Waals surface area contributed by atoms with Gasteiger partial charge in [-0.05, 0) is 24.3 Å². The largest absolute Gasteiger partial charge is 0.334 e. The first kappa shape index (κ1) is 12.0. The van der Waals surface area contributed by atoms with Gasteiger partial charge in [-0.3, -0.25) is 10.1 Å². The maximum atomic E-state index is 10.6. The third-order valence-electron chi connectivity index (χ3n) is 2.78. The molecule has 0 fully saturated rings. The third-order valence-corrected chi connectivity index (χ3v) is 2.78. The van der Waals surface area contributed by atoms with E-state index in [1.54, 1.807) is 12.1 Å². The number of hydrogen-bond donors (Lipinski definition) is 0. The highest BCUT2D eigenvalue weighted by molar-refractivity contribution is 5.60. The van der Waals surface area contributed by atoms with E-state index in [0.717, 1.165) is 5.56 Å². The molecule has 1 aromatic heterocycles. The Kier molecular flexibility index (Phi) is 2.96. The zero-order valence-electron chi connectivity index (χ0n) is 10.3. The Morgan fingerprint density at radius 3 is 2.30 bits per heavy atom. The molecule has 0 saturated carbocycles. The number of hydrogen-bond acceptors (Lipinski definition) is 5. The molecule has 0 atom stereocenters. The molecule has 0 aliphatic carbocycles. The average molecular weight is 267 g/mol. The summed E-state index contributed by atoms with van der Waals surface area (Å²) < 4.78 is 5.19. The smallest absolute Gasteiger partial charge is 0.269 e. The van der Waals surface area contributed by atoms with E-state index in [2.05, 4.69) is 10.1 Å². The molecular weight excluding hydrogens is 258 g/mol. The molecule has 3 aromatic rings. The van der Waals surface area contributed by atoms with Gasteiger partial charge >= 0.3 is 0 Å². The van der Waals surface area contributed by atoms with Crippen LogP contribution >= 0.6 is 0 Å². The van der Waals surface area contributed by atoms with Gasteiger partial charge in [-0.15, -0.1) is 0 Å². The van der Waals surface area contributed by atoms with Crippen molar-refractivity contribution in [3.8, 4) is 22.8 Å². The molecule has 6 nitrogen and oxygen atoms in total. The lowest BCUT2D eigenvalue weighted by Crippen LogP contribution is -1.87. The molecule has 0 aliphatic rings. The quantitative estimate of drug-likeness (QED) is 0.537. The summed E-state index contributed by atoms with van der Waals surface area (Å²) in [4.78, 5) is 14.4. The van der Waals surface area contributed by atoms with Crippen molar-refractivity contribution in [3.63, 3.8) is 0 Å². The van der Waals surface area contributed by atoms with Crippen molar-refractivity contribution in [1.82, 2.24) is 10.1 Å². The highest BCUT2D eigenvalue weighted by Crippen LogP contribution is 2.23. The molecule has 3 rings (SSSR count). The number of rotatable bonds is 3. The second-order valence-electron chi connectivity index (χ2n) is 4.09. The second-order valence-corrected chi connectivity index (χ2v) is 4.09. The van der Waals surface area contributed by atoms with Gasteiger partial charge in [0.25, 0.3) is 11.6 Å². The number of aromatic nitrogens is 2. The number of nitro groups is 1. The molecule has 0 unspecified atom stereocenters. The summed E-state index contributed by atoms with van der Waals surface area (Å²) in [5, 5.41) is 14.5. The number of nitrogens with zero attached hydrogens (tertiary/aromatic N) is 3. The van der Waals surface area contributed by atoms with Crippen LogP contribution in [-0.2, 0) is 0 Å². The van der Waals surface area contributed by atoms with E-state index in [0.29, 0.717) is 17.3 Å². The Balaban J connectivity index is 1.92. The molecule has 0 N–H and O–H groups in total. The first-order chi connectivity index (χ1) is 9.74. The van der Waals surface area contributed by atoms with Gasteiger partial charge in [0.05, 0.1) is 4.92 Å². The Labute approximate surface area is 113 Å². The minimum absolute atomic E-state index is 0.0283. The van der Waals surface area contributed by atoms with E-state index in [1.807, 2.05) is 30.3 Å². The molecule has 0 amide bonds. The average Bonchev–Trinajstić information content (AvgIpc) is 2.98. The molecule has 0 spiro atoms. The van der Waals surface area contributed by atoms with Crippen molar-refractivity contribution < 1.29 is 9.45 Å². The molecule has 2 aromatic carbocycles. The van der Waals surface area contributed by atoms with Gasteiger partial charge < -0.3 is 4.52 Å². The summed E-state index contributed by atoms with van der Waals surface area (Å²) in [7, 11) is 0. The summed E-state index contributed by atoms with van der Waals surface area (Å²) in [6.07, 6.45) is 0. The SMILES string of the molecule is O=[N+]([O-])c1ccc(-c2noc(-c3ccccc3)n2)cc1. The fourth-order valence-corrected chi connectivity index (χ4v) is 1.77. The van der Waals surface area contributed by atoms with Crippen molar-refractivity contribution in [2.45, 2.75) is 0 Å². The molecule has 0 saturated heterocycles. The summed E-state index contributed by atoms with van der Waals surface area (Å²) in [6, 6.07) is 15.4. The molecule has 0 aliphatic heterocycles. The van der Waals surface area contributed by atoms with Crippen LogP contribution in [0.15, 0.2) is 59.1 Å². The monoisotopic (exact) mass is 267 g/mol. The summed E-state index contributed by atoms with van der Waals surface area (Å²) in [5.74, 6) is 0.817. The van der Waals surface area contributed by atoms with Gasteiger partial charge in [0.15, 0.2) is 0 Å². The van der Waals surface area contributed by atoms with Gasteiger partial charge in [-0.1, -0.05) is 23.4 Å². The van der Waals surface area contributed by atoms with E-state index in [-0.39, 0.29) is 5.69 Å². The lowest BCUT2D eigenvalue weighted by atomic mass is 10.2. The second kappa shape index (κ2) is 4.93. The highest BCUT2D eigenvalue weighted by atomic mass is 16.6. The van der Waals surface area contributed by atoms with E-state index in [9.17, 15) is 10.1 Å². The van der Waals surface area contributed by atoms with Crippen LogP contribution in [0.25, 0.3) is 22.8 Å². The predicted octanol–water partition coefficient (Wildman–Crippen LogP) is 3.31. The molecule has 1 heterocycles. The maximum Gasteiger partial charge on any atom is 0.269 e. The molecule has 98 valence electrons. The summed E-state index contributed by atoms with van der Waals surface area (Å²) in [5.41, 5.74) is 1.52. The fourth-order valence-electron chi connectivity index (χ4n) is 1.77. The van der Waals surface area contributed by atoms with Crippen LogP contribution in [0, 0.1) is 10.1 Å². The van der Waals surface area contributed by atoms with Crippen molar-refractivity contribution >= 4 is 5.69 Å². The van der Waals surface area contributed by atoms with Gasteiger partial charge in [-0.2, -0.15) is 4.98 Å². The Bertz CT molecular complexity index is 736. The number of nitro benzene ring substituents is 1. The lowest BCUT2D eigenvalue weighted by Gasteiger charge is -1.94. The van der Waals surface area contributed by atoms with Crippen LogP contribution in [0.4, 0.5) is 5.69 Å². The van der Waals surface area contributed by atoms with Crippen LogP contribution in [0.2, 0.25) is 0 Å². The number of benzene rings is 2. The van der Waals surface area contributed by atoms with Gasteiger partial charge in [0.2, 0.25) is 5.82 Å². The molecule has 0 radical (unpaired) electrons. The Morgan fingerprint density at radius 1 is 0.950 bits per heavy atom. The van der Waals surface area contributed by atoms with E-state index < -0.39 is 4.92 Å². The van der Waals surface area contributed by atoms with Crippen molar-refractivity contribution in [2.75, 3.05) is 0 Å². The third kappa shape index (κ3) is 2.26. The molecule has 6 heteroatoms. The van der Waals surface area contributed by atoms with Crippen LogP contribution in [-0.4, -0.2) is 15.1 Å². The van der Waals surface area contributed by atoms with Crippen molar-refractivity contribution in [2.24, 2.45) is 0 Å². The highest BCUT2D eigenvalue weighted by Gasteiger charge is 2.11. The summed E-state index contributed by atoms with van der Waals surface area (Å²) >= 11 is 0. The zero-order chi connectivity index (χ0) is 13.9. The van der Waals surface area contributed by atoms with E-state index >= 15 is 0 Å². The van der Waals surface area contributed by atoms with Crippen LogP contribution < -0.4 is 0 Å². The number of non-ortho nitro benzene ring substituents is 1. The van der Waals surface area contributed by atoms with Crippen LogP contribution in [0.3, 0.4) is 0 Å². The van der Waals surface area contributed by atoms with Crippen molar-refractivity contribution in [3.05, 3.63) is 64.7 Å². The first-order valence-electron chi connectivity index (χ1n) is 5.88. The fraction of sp³-hybridized carbons (Fsp3) is 0. The van der Waals surface area contributed by atoms with Gasteiger partial charge in [0, 0.05) is 23.3 Å². The van der Waals surface area contributed by atoms with E-state index in [4.69, 9.17) is 4.52 Å². The predicted molar refractivity (Wildman–Crippen MR) is 71.8 cm³/mol. The zero-order valence-corrected chi connectivity index (χ0v) is 10.3. The minimum Gasteiger partial charge on any atom is -0.334 e. The van der Waals surface area contributed by atoms with E-state index in [1.165, 1.54) is 12.1 Å². The summed E-state index contributed by atoms with van der Waals surface area (Å²) in [6.45, 7) is 0. The van der Waals surface area contributed by atoms with Crippen LogP contribution in [0.5, 0.6) is 0 Å². The standard InChI is InChI=1S/C14H9N3O3/c18-17(19)12-8-6-10(7-9-12)13-15-14(20-16-13)11-4-2-1-3-5-11/h1-9H. The first-order valence-corrected chi connectivity index (χ1v) is 5.88.